The first kappa shape index (κ1) is 15.2. The highest BCUT2D eigenvalue weighted by Gasteiger charge is 2.30. The zero-order valence-corrected chi connectivity index (χ0v) is 13.8. The molecule has 4 rings (SSSR count). The molecular formula is C17H21N5O2. The predicted octanol–water partition coefficient (Wildman–Crippen LogP) is 2.14. The number of likely N-dealkylation sites (tertiary alicyclic amines) is 1. The molecule has 0 radical (unpaired) electrons. The van der Waals surface area contributed by atoms with Crippen molar-refractivity contribution >= 4 is 5.91 Å². The van der Waals surface area contributed by atoms with Crippen molar-refractivity contribution in [2.45, 2.75) is 44.9 Å². The maximum atomic E-state index is 12.4. The molecule has 0 bridgehead atoms. The van der Waals surface area contributed by atoms with Gasteiger partial charge in [0.2, 0.25) is 5.89 Å². The number of hydrogen-bond acceptors (Lipinski definition) is 6. The summed E-state index contributed by atoms with van der Waals surface area (Å²) in [5, 5.41) is 4.06. The second-order valence-electron chi connectivity index (χ2n) is 6.81. The molecule has 24 heavy (non-hydrogen) atoms. The van der Waals surface area contributed by atoms with Crippen LogP contribution in [0.4, 0.5) is 0 Å². The molecule has 1 aliphatic heterocycles. The second kappa shape index (κ2) is 6.30. The van der Waals surface area contributed by atoms with Gasteiger partial charge >= 0.3 is 0 Å². The number of carbonyl (C=O) groups excluding carboxylic acids is 1. The fourth-order valence-corrected chi connectivity index (χ4v) is 3.12. The summed E-state index contributed by atoms with van der Waals surface area (Å²) in [5.41, 5.74) is 1.24. The van der Waals surface area contributed by atoms with Gasteiger partial charge in [-0.3, -0.25) is 9.78 Å². The summed E-state index contributed by atoms with van der Waals surface area (Å²) < 4.78 is 5.29. The van der Waals surface area contributed by atoms with E-state index in [0.717, 1.165) is 49.8 Å². The van der Waals surface area contributed by atoms with Crippen molar-refractivity contribution in [2.75, 3.05) is 13.1 Å². The van der Waals surface area contributed by atoms with Gasteiger partial charge in [0.15, 0.2) is 5.82 Å². The van der Waals surface area contributed by atoms with Gasteiger partial charge in [0.05, 0.1) is 11.9 Å². The van der Waals surface area contributed by atoms with E-state index in [0.29, 0.717) is 17.5 Å². The zero-order chi connectivity index (χ0) is 16.5. The van der Waals surface area contributed by atoms with Crippen LogP contribution in [0, 0.1) is 12.8 Å². The molecule has 1 aliphatic carbocycles. The minimum absolute atomic E-state index is 0.0272. The molecule has 2 fully saturated rings. The molecular weight excluding hydrogens is 306 g/mol. The molecule has 3 heterocycles. The highest BCUT2D eigenvalue weighted by Crippen LogP contribution is 2.38. The van der Waals surface area contributed by atoms with E-state index in [2.05, 4.69) is 20.1 Å². The molecule has 7 nitrogen and oxygen atoms in total. The minimum Gasteiger partial charge on any atom is -0.339 e. The van der Waals surface area contributed by atoms with E-state index < -0.39 is 0 Å². The molecule has 1 amide bonds. The lowest BCUT2D eigenvalue weighted by Gasteiger charge is -2.15. The van der Waals surface area contributed by atoms with Gasteiger partial charge in [-0.1, -0.05) is 5.16 Å². The van der Waals surface area contributed by atoms with Crippen LogP contribution in [-0.4, -0.2) is 44.0 Å². The van der Waals surface area contributed by atoms with Crippen LogP contribution in [0.1, 0.15) is 59.5 Å². The number of aryl methyl sites for hydroxylation is 2. The summed E-state index contributed by atoms with van der Waals surface area (Å²) in [7, 11) is 0. The van der Waals surface area contributed by atoms with Gasteiger partial charge in [0, 0.05) is 31.6 Å². The average Bonchev–Trinajstić information content (AvgIpc) is 3.15. The number of nitrogens with zero attached hydrogens (tertiary/aromatic N) is 5. The van der Waals surface area contributed by atoms with Gasteiger partial charge in [0.1, 0.15) is 5.69 Å². The Hall–Kier alpha value is -2.31. The minimum atomic E-state index is -0.0272. The van der Waals surface area contributed by atoms with E-state index in [-0.39, 0.29) is 5.91 Å². The Labute approximate surface area is 140 Å². The lowest BCUT2D eigenvalue weighted by Crippen LogP contribution is -2.29. The molecule has 126 valence electrons. The number of amides is 1. The van der Waals surface area contributed by atoms with Crippen LogP contribution >= 0.6 is 0 Å². The smallest absolute Gasteiger partial charge is 0.274 e. The maximum Gasteiger partial charge on any atom is 0.274 e. The Morgan fingerprint density at radius 2 is 2.17 bits per heavy atom. The second-order valence-corrected chi connectivity index (χ2v) is 6.81. The monoisotopic (exact) mass is 327 g/mol. The van der Waals surface area contributed by atoms with Gasteiger partial charge in [-0.25, -0.2) is 4.98 Å². The number of carbonyl (C=O) groups is 1. The van der Waals surface area contributed by atoms with Gasteiger partial charge < -0.3 is 9.42 Å². The van der Waals surface area contributed by atoms with Crippen LogP contribution in [0.5, 0.6) is 0 Å². The van der Waals surface area contributed by atoms with Gasteiger partial charge in [0.25, 0.3) is 5.91 Å². The van der Waals surface area contributed by atoms with Crippen molar-refractivity contribution in [1.82, 2.24) is 25.0 Å². The third-order valence-corrected chi connectivity index (χ3v) is 4.76. The van der Waals surface area contributed by atoms with Crippen LogP contribution in [0.3, 0.4) is 0 Å². The van der Waals surface area contributed by atoms with E-state index in [1.54, 1.807) is 12.4 Å². The fourth-order valence-electron chi connectivity index (χ4n) is 3.12. The Balaban J connectivity index is 1.29. The van der Waals surface area contributed by atoms with Gasteiger partial charge in [-0.15, -0.1) is 0 Å². The largest absolute Gasteiger partial charge is 0.339 e. The number of rotatable bonds is 5. The summed E-state index contributed by atoms with van der Waals surface area (Å²) in [6, 6.07) is 0. The molecule has 2 aromatic rings. The standard InChI is InChI=1S/C17H21N5O2/c1-11-8-19-14(9-18-11)17(23)22-7-6-12(10-22)2-5-15-20-16(24-21-15)13-3-4-13/h8-9,12-13H,2-7,10H2,1H3. The molecule has 1 saturated heterocycles. The first-order valence-electron chi connectivity index (χ1n) is 8.59. The molecule has 7 heteroatoms. The van der Waals surface area contributed by atoms with Crippen molar-refractivity contribution in [2.24, 2.45) is 5.92 Å². The predicted molar refractivity (Wildman–Crippen MR) is 85.4 cm³/mol. The Morgan fingerprint density at radius 1 is 1.29 bits per heavy atom. The van der Waals surface area contributed by atoms with Crippen LogP contribution < -0.4 is 0 Å². The third-order valence-electron chi connectivity index (χ3n) is 4.76. The highest BCUT2D eigenvalue weighted by atomic mass is 16.5. The number of hydrogen-bond donors (Lipinski definition) is 0. The summed E-state index contributed by atoms with van der Waals surface area (Å²) in [6.45, 7) is 3.40. The van der Waals surface area contributed by atoms with E-state index in [9.17, 15) is 4.79 Å². The summed E-state index contributed by atoms with van der Waals surface area (Å²) in [4.78, 5) is 27.1. The summed E-state index contributed by atoms with van der Waals surface area (Å²) in [6.07, 6.45) is 8.34. The van der Waals surface area contributed by atoms with Gasteiger partial charge in [-0.05, 0) is 38.5 Å². The molecule has 0 N–H and O–H groups in total. The van der Waals surface area contributed by atoms with Crippen LogP contribution in [0.15, 0.2) is 16.9 Å². The van der Waals surface area contributed by atoms with Crippen LogP contribution in [0.25, 0.3) is 0 Å². The quantitative estimate of drug-likeness (QED) is 0.836. The van der Waals surface area contributed by atoms with Crippen molar-refractivity contribution in [3.8, 4) is 0 Å². The first-order chi connectivity index (χ1) is 11.7. The van der Waals surface area contributed by atoms with E-state index in [1.807, 2.05) is 11.8 Å². The SMILES string of the molecule is Cc1cnc(C(=O)N2CCC(CCc3noc(C4CC4)n3)C2)cn1. The van der Waals surface area contributed by atoms with Crippen LogP contribution in [-0.2, 0) is 6.42 Å². The van der Waals surface area contributed by atoms with Crippen LogP contribution in [0.2, 0.25) is 0 Å². The Bertz CT molecular complexity index is 723. The lowest BCUT2D eigenvalue weighted by molar-refractivity contribution is 0.0780. The molecule has 0 spiro atoms. The first-order valence-corrected chi connectivity index (χ1v) is 8.59. The van der Waals surface area contributed by atoms with E-state index in [1.165, 1.54) is 12.8 Å². The van der Waals surface area contributed by atoms with Gasteiger partial charge in [-0.2, -0.15) is 4.98 Å². The highest BCUT2D eigenvalue weighted by molar-refractivity contribution is 5.92. The maximum absolute atomic E-state index is 12.4. The summed E-state index contributed by atoms with van der Waals surface area (Å²) >= 11 is 0. The molecule has 1 atom stereocenters. The molecule has 2 aliphatic rings. The van der Waals surface area contributed by atoms with Crippen molar-refractivity contribution in [3.63, 3.8) is 0 Å². The Kier molecular flexibility index (Phi) is 4.00. The zero-order valence-electron chi connectivity index (χ0n) is 13.8. The molecule has 1 unspecified atom stereocenters. The molecule has 0 aromatic carbocycles. The fraction of sp³-hybridized carbons (Fsp3) is 0.588. The Morgan fingerprint density at radius 3 is 2.92 bits per heavy atom. The third kappa shape index (κ3) is 3.29. The van der Waals surface area contributed by atoms with Crippen molar-refractivity contribution in [1.29, 1.82) is 0 Å². The van der Waals surface area contributed by atoms with E-state index in [4.69, 9.17) is 4.52 Å². The molecule has 2 aromatic heterocycles. The average molecular weight is 327 g/mol. The van der Waals surface area contributed by atoms with Crippen molar-refractivity contribution in [3.05, 3.63) is 35.5 Å². The van der Waals surface area contributed by atoms with Crippen molar-refractivity contribution < 1.29 is 9.32 Å². The molecule has 1 saturated carbocycles. The lowest BCUT2D eigenvalue weighted by atomic mass is 10.0. The summed E-state index contributed by atoms with van der Waals surface area (Å²) in [5.74, 6) is 2.55. The number of aromatic nitrogens is 4. The van der Waals surface area contributed by atoms with E-state index >= 15 is 0 Å². The topological polar surface area (TPSA) is 85.0 Å². The normalized spacial score (nSPS) is 20.5.